The topological polar surface area (TPSA) is 85.2 Å². The zero-order valence-electron chi connectivity index (χ0n) is 8.70. The fourth-order valence-electron chi connectivity index (χ4n) is 1.51. The maximum atomic E-state index is 11.1. The predicted octanol–water partition coefficient (Wildman–Crippen LogP) is 1.06. The van der Waals surface area contributed by atoms with Gasteiger partial charge in [0.1, 0.15) is 18.8 Å². The van der Waals surface area contributed by atoms with Crippen LogP contribution in [0.25, 0.3) is 4.96 Å². The van der Waals surface area contributed by atoms with E-state index in [0.29, 0.717) is 22.8 Å². The Morgan fingerprint density at radius 3 is 2.76 bits per heavy atom. The number of thiazole rings is 1. The monoisotopic (exact) mass is 245 g/mol. The lowest BCUT2D eigenvalue weighted by Crippen LogP contribution is -2.25. The summed E-state index contributed by atoms with van der Waals surface area (Å²) in [5.74, 6) is 0.384. The number of carbonyl (C=O) groups excluding carboxylic acids is 1. The van der Waals surface area contributed by atoms with Gasteiger partial charge < -0.3 is 4.90 Å². The molecule has 0 aliphatic heterocycles. The first-order valence-electron chi connectivity index (χ1n) is 4.71. The van der Waals surface area contributed by atoms with Gasteiger partial charge >= 0.3 is 0 Å². The lowest BCUT2D eigenvalue weighted by atomic mass is 10.4. The SMILES string of the molecule is N#CCN(CC#N)c1nc2sccn2c1C=O. The normalized spacial score (nSPS) is 9.76. The molecule has 2 rings (SSSR count). The molecule has 0 fully saturated rings. The average Bonchev–Trinajstić information content (AvgIpc) is 2.87. The van der Waals surface area contributed by atoms with Crippen LogP contribution in [0, 0.1) is 22.7 Å². The van der Waals surface area contributed by atoms with Crippen LogP contribution < -0.4 is 4.90 Å². The highest BCUT2D eigenvalue weighted by atomic mass is 32.1. The fourth-order valence-corrected chi connectivity index (χ4v) is 2.23. The van der Waals surface area contributed by atoms with Gasteiger partial charge in [0.2, 0.25) is 0 Å². The standard InChI is InChI=1S/C10H7N5OS/c11-1-3-14(4-2-12)9-8(7-16)15-5-6-17-10(15)13-9/h5-7H,3-4H2. The molecule has 2 aromatic heterocycles. The smallest absolute Gasteiger partial charge is 0.196 e. The number of nitrogens with zero attached hydrogens (tertiary/aromatic N) is 5. The zero-order valence-corrected chi connectivity index (χ0v) is 9.52. The van der Waals surface area contributed by atoms with Gasteiger partial charge in [0.15, 0.2) is 17.1 Å². The van der Waals surface area contributed by atoms with Gasteiger partial charge in [-0.15, -0.1) is 11.3 Å². The van der Waals surface area contributed by atoms with Crippen LogP contribution in [-0.2, 0) is 0 Å². The highest BCUT2D eigenvalue weighted by Gasteiger charge is 2.18. The van der Waals surface area contributed by atoms with Crippen molar-refractivity contribution in [1.82, 2.24) is 9.38 Å². The van der Waals surface area contributed by atoms with E-state index in [9.17, 15) is 4.79 Å². The summed E-state index contributed by atoms with van der Waals surface area (Å²) in [7, 11) is 0. The molecule has 0 spiro atoms. The number of rotatable bonds is 4. The van der Waals surface area contributed by atoms with E-state index < -0.39 is 0 Å². The summed E-state index contributed by atoms with van der Waals surface area (Å²) < 4.78 is 1.65. The second-order valence-electron chi connectivity index (χ2n) is 3.17. The number of imidazole rings is 1. The van der Waals surface area contributed by atoms with Crippen molar-refractivity contribution in [3.05, 3.63) is 17.3 Å². The Bertz CT molecular complexity index is 613. The van der Waals surface area contributed by atoms with Crippen molar-refractivity contribution < 1.29 is 4.79 Å². The molecule has 84 valence electrons. The number of aldehydes is 1. The molecule has 0 saturated carbocycles. The molecule has 0 aliphatic rings. The van der Waals surface area contributed by atoms with Crippen molar-refractivity contribution in [2.75, 3.05) is 18.0 Å². The lowest BCUT2D eigenvalue weighted by molar-refractivity contribution is 0.111. The van der Waals surface area contributed by atoms with Crippen LogP contribution in [0.3, 0.4) is 0 Å². The van der Waals surface area contributed by atoms with Crippen molar-refractivity contribution in [1.29, 1.82) is 10.5 Å². The van der Waals surface area contributed by atoms with Crippen LogP contribution >= 0.6 is 11.3 Å². The quantitative estimate of drug-likeness (QED) is 0.594. The van der Waals surface area contributed by atoms with Crippen LogP contribution in [0.2, 0.25) is 0 Å². The van der Waals surface area contributed by atoms with Crippen molar-refractivity contribution in [3.63, 3.8) is 0 Å². The van der Waals surface area contributed by atoms with E-state index in [1.165, 1.54) is 16.2 Å². The summed E-state index contributed by atoms with van der Waals surface area (Å²) in [6.07, 6.45) is 2.42. The molecular weight excluding hydrogens is 238 g/mol. The Hall–Kier alpha value is -2.38. The molecule has 6 nitrogen and oxygen atoms in total. The van der Waals surface area contributed by atoms with Gasteiger partial charge in [-0.1, -0.05) is 0 Å². The largest absolute Gasteiger partial charge is 0.328 e. The molecule has 0 amide bonds. The Labute approximate surface area is 101 Å². The highest BCUT2D eigenvalue weighted by molar-refractivity contribution is 7.15. The van der Waals surface area contributed by atoms with Gasteiger partial charge in [-0.25, -0.2) is 4.98 Å². The predicted molar refractivity (Wildman–Crippen MR) is 61.9 cm³/mol. The summed E-state index contributed by atoms with van der Waals surface area (Å²) in [6.45, 7) is 0.0540. The molecular formula is C10H7N5OS. The Balaban J connectivity index is 2.52. The van der Waals surface area contributed by atoms with Crippen molar-refractivity contribution in [2.45, 2.75) is 0 Å². The molecule has 0 N–H and O–H groups in total. The van der Waals surface area contributed by atoms with Crippen LogP contribution in [0.15, 0.2) is 11.6 Å². The van der Waals surface area contributed by atoms with E-state index in [4.69, 9.17) is 10.5 Å². The van der Waals surface area contributed by atoms with Crippen LogP contribution in [0.1, 0.15) is 10.5 Å². The minimum Gasteiger partial charge on any atom is -0.328 e. The molecule has 0 saturated heterocycles. The number of anilines is 1. The molecule has 0 aromatic carbocycles. The summed E-state index contributed by atoms with van der Waals surface area (Å²) in [4.78, 5) is 17.5. The van der Waals surface area contributed by atoms with Gasteiger partial charge in [0.05, 0.1) is 12.1 Å². The number of aromatic nitrogens is 2. The Morgan fingerprint density at radius 1 is 1.47 bits per heavy atom. The Morgan fingerprint density at radius 2 is 2.18 bits per heavy atom. The van der Waals surface area contributed by atoms with E-state index in [0.717, 1.165) is 0 Å². The number of hydrogen-bond donors (Lipinski definition) is 0. The highest BCUT2D eigenvalue weighted by Crippen LogP contribution is 2.22. The number of nitriles is 2. The van der Waals surface area contributed by atoms with Gasteiger partial charge in [0, 0.05) is 11.6 Å². The number of hydrogen-bond acceptors (Lipinski definition) is 6. The van der Waals surface area contributed by atoms with Gasteiger partial charge in [0.25, 0.3) is 0 Å². The molecule has 2 aromatic rings. The molecule has 0 radical (unpaired) electrons. The second-order valence-corrected chi connectivity index (χ2v) is 4.04. The fraction of sp³-hybridized carbons (Fsp3) is 0.200. The summed E-state index contributed by atoms with van der Waals surface area (Å²) >= 11 is 1.39. The second kappa shape index (κ2) is 4.64. The van der Waals surface area contributed by atoms with Gasteiger partial charge in [-0.2, -0.15) is 10.5 Å². The molecule has 0 atom stereocenters. The summed E-state index contributed by atoms with van der Waals surface area (Å²) in [5.41, 5.74) is 0.367. The first-order valence-corrected chi connectivity index (χ1v) is 5.59. The van der Waals surface area contributed by atoms with Crippen LogP contribution in [0.5, 0.6) is 0 Å². The summed E-state index contributed by atoms with van der Waals surface area (Å²) in [5, 5.41) is 19.2. The molecule has 0 bridgehead atoms. The molecule has 2 heterocycles. The third-order valence-corrected chi connectivity index (χ3v) is 2.97. The van der Waals surface area contributed by atoms with E-state index in [2.05, 4.69) is 4.98 Å². The van der Waals surface area contributed by atoms with E-state index >= 15 is 0 Å². The first kappa shape index (κ1) is 11.1. The maximum absolute atomic E-state index is 11.1. The summed E-state index contributed by atoms with van der Waals surface area (Å²) in [6, 6.07) is 3.90. The van der Waals surface area contributed by atoms with Gasteiger partial charge in [-0.3, -0.25) is 9.20 Å². The van der Waals surface area contributed by atoms with Crippen molar-refractivity contribution in [2.24, 2.45) is 0 Å². The molecule has 0 unspecified atom stereocenters. The minimum atomic E-state index is 0.0270. The van der Waals surface area contributed by atoms with Gasteiger partial charge in [-0.05, 0) is 0 Å². The number of fused-ring (bicyclic) bond motifs is 1. The van der Waals surface area contributed by atoms with Crippen molar-refractivity contribution >= 4 is 28.4 Å². The van der Waals surface area contributed by atoms with Crippen LogP contribution in [0.4, 0.5) is 5.82 Å². The molecule has 17 heavy (non-hydrogen) atoms. The number of carbonyl (C=O) groups is 1. The average molecular weight is 245 g/mol. The molecule has 7 heteroatoms. The third kappa shape index (κ3) is 1.84. The minimum absolute atomic E-state index is 0.0270. The lowest BCUT2D eigenvalue weighted by Gasteiger charge is -2.14. The molecule has 0 aliphatic carbocycles. The van der Waals surface area contributed by atoms with Crippen LogP contribution in [-0.4, -0.2) is 28.8 Å². The zero-order chi connectivity index (χ0) is 12.3. The Kier molecular flexibility index (Phi) is 3.03. The first-order chi connectivity index (χ1) is 8.31. The van der Waals surface area contributed by atoms with E-state index in [1.807, 2.05) is 17.5 Å². The van der Waals surface area contributed by atoms with E-state index in [1.54, 1.807) is 10.6 Å². The van der Waals surface area contributed by atoms with E-state index in [-0.39, 0.29) is 13.1 Å². The maximum Gasteiger partial charge on any atom is 0.196 e. The third-order valence-electron chi connectivity index (χ3n) is 2.21. The van der Waals surface area contributed by atoms with Crippen molar-refractivity contribution in [3.8, 4) is 12.1 Å².